The largest absolute Gasteiger partial charge is 0.408 e. The molecule has 116 valence electrons. The number of nitrogens with zero attached hydrogens (tertiary/aromatic N) is 3. The summed E-state index contributed by atoms with van der Waals surface area (Å²) in [5.41, 5.74) is 0.0712. The van der Waals surface area contributed by atoms with Gasteiger partial charge in [-0.15, -0.1) is 0 Å². The Hall–Kier alpha value is -2.04. The lowest BCUT2D eigenvalue weighted by molar-refractivity contribution is -0.142. The molecule has 2 rings (SSSR count). The van der Waals surface area contributed by atoms with Crippen molar-refractivity contribution in [3.05, 3.63) is 23.8 Å². The summed E-state index contributed by atoms with van der Waals surface area (Å²) >= 11 is 0. The van der Waals surface area contributed by atoms with Crippen molar-refractivity contribution in [2.24, 2.45) is 0 Å². The Bertz CT molecular complexity index is 728. The number of rotatable bonds is 4. The van der Waals surface area contributed by atoms with Crippen molar-refractivity contribution >= 4 is 15.7 Å². The van der Waals surface area contributed by atoms with Gasteiger partial charge in [-0.3, -0.25) is 9.40 Å². The smallest absolute Gasteiger partial charge is 0.360 e. The molecule has 0 aliphatic heterocycles. The van der Waals surface area contributed by atoms with Gasteiger partial charge in [-0.2, -0.15) is 18.3 Å². The number of aryl methyl sites for hydroxylation is 2. The molecule has 0 unspecified atom stereocenters. The van der Waals surface area contributed by atoms with E-state index in [4.69, 9.17) is 4.52 Å². The van der Waals surface area contributed by atoms with Crippen LogP contribution in [0.25, 0.3) is 0 Å². The van der Waals surface area contributed by atoms with Crippen LogP contribution in [0.3, 0.4) is 0 Å². The van der Waals surface area contributed by atoms with Crippen LogP contribution in [-0.2, 0) is 16.6 Å². The van der Waals surface area contributed by atoms with E-state index >= 15 is 0 Å². The van der Waals surface area contributed by atoms with Crippen molar-refractivity contribution in [1.82, 2.24) is 14.9 Å². The average Bonchev–Trinajstić information content (AvgIpc) is 2.83. The second kappa shape index (κ2) is 5.06. The van der Waals surface area contributed by atoms with Gasteiger partial charge in [0.05, 0.1) is 11.9 Å². The Morgan fingerprint density at radius 1 is 1.38 bits per heavy atom. The minimum Gasteiger partial charge on any atom is -0.360 e. The molecule has 0 amide bonds. The number of alkyl halides is 3. The van der Waals surface area contributed by atoms with Crippen molar-refractivity contribution in [2.75, 3.05) is 4.72 Å². The number of hydrogen-bond acceptors (Lipinski definition) is 5. The molecule has 0 bridgehead atoms. The van der Waals surface area contributed by atoms with Crippen LogP contribution in [0.2, 0.25) is 0 Å². The number of halogens is 3. The topological polar surface area (TPSA) is 90.0 Å². The standard InChI is InChI=1S/C10H11F3N4O3S/c1-6-9(7(2)20-15-6)21(18,19)16-8-3-14-17(4-8)5-10(11,12)13/h3-4,16H,5H2,1-2H3. The predicted octanol–water partition coefficient (Wildman–Crippen LogP) is 1.85. The number of aromatic nitrogens is 3. The second-order valence-electron chi connectivity index (χ2n) is 4.30. The Morgan fingerprint density at radius 3 is 2.57 bits per heavy atom. The minimum absolute atomic E-state index is 0.0840. The Labute approximate surface area is 117 Å². The number of anilines is 1. The fourth-order valence-corrected chi connectivity index (χ4v) is 3.11. The van der Waals surface area contributed by atoms with Gasteiger partial charge in [-0.1, -0.05) is 5.16 Å². The molecule has 21 heavy (non-hydrogen) atoms. The van der Waals surface area contributed by atoms with Gasteiger partial charge in [0.2, 0.25) is 0 Å². The van der Waals surface area contributed by atoms with E-state index in [9.17, 15) is 21.6 Å². The van der Waals surface area contributed by atoms with E-state index in [0.29, 0.717) is 4.68 Å². The highest BCUT2D eigenvalue weighted by molar-refractivity contribution is 7.92. The van der Waals surface area contributed by atoms with Gasteiger partial charge in [0.15, 0.2) is 10.7 Å². The van der Waals surface area contributed by atoms with E-state index in [-0.39, 0.29) is 22.0 Å². The number of nitrogens with one attached hydrogen (secondary N) is 1. The van der Waals surface area contributed by atoms with E-state index < -0.39 is 22.7 Å². The van der Waals surface area contributed by atoms with Crippen LogP contribution in [-0.4, -0.2) is 29.5 Å². The summed E-state index contributed by atoms with van der Waals surface area (Å²) in [4.78, 5) is -0.147. The van der Waals surface area contributed by atoms with Crippen LogP contribution in [0.15, 0.2) is 21.8 Å². The van der Waals surface area contributed by atoms with Crippen LogP contribution >= 0.6 is 0 Å². The molecule has 0 fully saturated rings. The third-order valence-corrected chi connectivity index (χ3v) is 4.09. The average molecular weight is 324 g/mol. The van der Waals surface area contributed by atoms with Gasteiger partial charge in [0.25, 0.3) is 10.0 Å². The summed E-state index contributed by atoms with van der Waals surface area (Å²) in [6.07, 6.45) is -2.51. The predicted molar refractivity (Wildman–Crippen MR) is 65.1 cm³/mol. The van der Waals surface area contributed by atoms with Gasteiger partial charge < -0.3 is 4.52 Å². The molecule has 2 heterocycles. The zero-order valence-corrected chi connectivity index (χ0v) is 11.8. The van der Waals surface area contributed by atoms with Crippen molar-refractivity contribution in [2.45, 2.75) is 31.5 Å². The monoisotopic (exact) mass is 324 g/mol. The first-order valence-electron chi connectivity index (χ1n) is 5.63. The molecule has 1 N–H and O–H groups in total. The molecular formula is C10H11F3N4O3S. The number of sulfonamides is 1. The summed E-state index contributed by atoms with van der Waals surface area (Å²) in [6.45, 7) is 1.56. The second-order valence-corrected chi connectivity index (χ2v) is 5.92. The molecule has 11 heteroatoms. The molecule has 0 aromatic carbocycles. The zero-order valence-electron chi connectivity index (χ0n) is 11.0. The first-order valence-corrected chi connectivity index (χ1v) is 7.12. The van der Waals surface area contributed by atoms with Gasteiger partial charge in [-0.25, -0.2) is 8.42 Å². The molecule has 2 aromatic rings. The van der Waals surface area contributed by atoms with Crippen molar-refractivity contribution in [3.63, 3.8) is 0 Å². The molecule has 2 aromatic heterocycles. The molecule has 0 aliphatic rings. The molecule has 0 saturated heterocycles. The molecule has 0 saturated carbocycles. The van der Waals surface area contributed by atoms with Crippen LogP contribution in [0.1, 0.15) is 11.5 Å². The Kier molecular flexibility index (Phi) is 3.70. The molecular weight excluding hydrogens is 313 g/mol. The van der Waals surface area contributed by atoms with E-state index in [1.54, 1.807) is 0 Å². The third-order valence-electron chi connectivity index (χ3n) is 2.46. The molecule has 0 radical (unpaired) electrons. The van der Waals surface area contributed by atoms with Crippen molar-refractivity contribution in [1.29, 1.82) is 0 Å². The first kappa shape index (κ1) is 15.4. The lowest BCUT2D eigenvalue weighted by Crippen LogP contribution is -2.18. The number of hydrogen-bond donors (Lipinski definition) is 1. The molecule has 0 atom stereocenters. The molecule has 0 aliphatic carbocycles. The summed E-state index contributed by atoms with van der Waals surface area (Å²) < 4.78 is 68.3. The summed E-state index contributed by atoms with van der Waals surface area (Å²) in [5, 5.41) is 6.96. The van der Waals surface area contributed by atoms with Crippen LogP contribution in [0.4, 0.5) is 18.9 Å². The Morgan fingerprint density at radius 2 is 2.05 bits per heavy atom. The summed E-state index contributed by atoms with van der Waals surface area (Å²) in [6, 6.07) is 0. The SMILES string of the molecule is Cc1noc(C)c1S(=O)(=O)Nc1cnn(CC(F)(F)F)c1. The lowest BCUT2D eigenvalue weighted by atomic mass is 10.4. The minimum atomic E-state index is -4.44. The maximum absolute atomic E-state index is 12.2. The van der Waals surface area contributed by atoms with E-state index in [0.717, 1.165) is 12.4 Å². The van der Waals surface area contributed by atoms with Gasteiger partial charge in [-0.05, 0) is 13.8 Å². The first-order chi connectivity index (χ1) is 9.58. The van der Waals surface area contributed by atoms with Crippen LogP contribution in [0, 0.1) is 13.8 Å². The van der Waals surface area contributed by atoms with Crippen molar-refractivity contribution < 1.29 is 26.1 Å². The summed E-state index contributed by atoms with van der Waals surface area (Å²) in [7, 11) is -4.00. The van der Waals surface area contributed by atoms with Crippen LogP contribution in [0.5, 0.6) is 0 Å². The van der Waals surface area contributed by atoms with Gasteiger partial charge >= 0.3 is 6.18 Å². The zero-order chi connectivity index (χ0) is 15.8. The molecule has 0 spiro atoms. The summed E-state index contributed by atoms with van der Waals surface area (Å²) in [5.74, 6) is 0.0858. The van der Waals surface area contributed by atoms with Gasteiger partial charge in [0.1, 0.15) is 12.2 Å². The van der Waals surface area contributed by atoms with E-state index in [1.165, 1.54) is 13.8 Å². The van der Waals surface area contributed by atoms with Crippen LogP contribution < -0.4 is 4.72 Å². The highest BCUT2D eigenvalue weighted by atomic mass is 32.2. The van der Waals surface area contributed by atoms with E-state index in [2.05, 4.69) is 15.0 Å². The Balaban J connectivity index is 2.22. The maximum Gasteiger partial charge on any atom is 0.408 e. The maximum atomic E-state index is 12.2. The fraction of sp³-hybridized carbons (Fsp3) is 0.400. The highest BCUT2D eigenvalue weighted by Crippen LogP contribution is 2.23. The third kappa shape index (κ3) is 3.54. The lowest BCUT2D eigenvalue weighted by Gasteiger charge is -2.06. The highest BCUT2D eigenvalue weighted by Gasteiger charge is 2.29. The normalized spacial score (nSPS) is 12.6. The van der Waals surface area contributed by atoms with Gasteiger partial charge in [0, 0.05) is 6.20 Å². The molecule has 7 nitrogen and oxygen atoms in total. The van der Waals surface area contributed by atoms with E-state index in [1.807, 2.05) is 0 Å². The van der Waals surface area contributed by atoms with Crippen molar-refractivity contribution in [3.8, 4) is 0 Å². The quantitative estimate of drug-likeness (QED) is 0.927. The fourth-order valence-electron chi connectivity index (χ4n) is 1.75.